The van der Waals surface area contributed by atoms with Crippen LogP contribution in [0.5, 0.6) is 0 Å². The van der Waals surface area contributed by atoms with Gasteiger partial charge in [-0.25, -0.2) is 0 Å². The molecule has 0 radical (unpaired) electrons. The topological polar surface area (TPSA) is 30.0 Å². The van der Waals surface area contributed by atoms with Crippen LogP contribution >= 0.6 is 0 Å². The molecule has 2 heteroatoms. The van der Waals surface area contributed by atoms with Gasteiger partial charge in [-0.05, 0) is 67.9 Å². The zero-order valence-corrected chi connectivity index (χ0v) is 11.6. The fraction of sp³-hybridized carbons (Fsp3) is 0.647. The van der Waals surface area contributed by atoms with Gasteiger partial charge in [-0.3, -0.25) is 9.78 Å². The second kappa shape index (κ2) is 3.68. The van der Waals surface area contributed by atoms with Crippen LogP contribution in [0.1, 0.15) is 55.8 Å². The smallest absolute Gasteiger partial charge is 0.170 e. The molecule has 0 amide bonds. The van der Waals surface area contributed by atoms with Crippen molar-refractivity contribution >= 4 is 5.78 Å². The number of carbonyl (C=O) groups is 1. The van der Waals surface area contributed by atoms with E-state index in [1.807, 2.05) is 12.1 Å². The Hall–Kier alpha value is -1.18. The van der Waals surface area contributed by atoms with Crippen LogP contribution in [0.25, 0.3) is 0 Å². The van der Waals surface area contributed by atoms with Crippen molar-refractivity contribution in [3.05, 3.63) is 30.1 Å². The van der Waals surface area contributed by atoms with Crippen LogP contribution in [0, 0.1) is 22.7 Å². The third-order valence-corrected chi connectivity index (χ3v) is 5.76. The minimum absolute atomic E-state index is 0.0537. The Morgan fingerprint density at radius 1 is 1.26 bits per heavy atom. The summed E-state index contributed by atoms with van der Waals surface area (Å²) >= 11 is 0. The molecule has 0 spiro atoms. The van der Waals surface area contributed by atoms with Crippen molar-refractivity contribution < 1.29 is 4.79 Å². The molecule has 4 aliphatic rings. The predicted molar refractivity (Wildman–Crippen MR) is 73.8 cm³/mol. The minimum Gasteiger partial charge on any atom is -0.293 e. The molecule has 4 saturated carbocycles. The highest BCUT2D eigenvalue weighted by Crippen LogP contribution is 2.65. The molecule has 0 aromatic carbocycles. The molecule has 1 aromatic rings. The lowest BCUT2D eigenvalue weighted by molar-refractivity contribution is -0.0820. The van der Waals surface area contributed by atoms with Crippen LogP contribution in [0.2, 0.25) is 0 Å². The van der Waals surface area contributed by atoms with E-state index in [0.717, 1.165) is 36.7 Å². The molecule has 100 valence electrons. The summed E-state index contributed by atoms with van der Waals surface area (Å²) in [6.45, 7) is 2.41. The van der Waals surface area contributed by atoms with Crippen LogP contribution < -0.4 is 0 Å². The molecule has 2 nitrogen and oxygen atoms in total. The van der Waals surface area contributed by atoms with Gasteiger partial charge in [-0.1, -0.05) is 6.92 Å². The lowest BCUT2D eigenvalue weighted by Gasteiger charge is -2.60. The Kier molecular flexibility index (Phi) is 2.25. The highest BCUT2D eigenvalue weighted by Gasteiger charge is 2.58. The van der Waals surface area contributed by atoms with Crippen LogP contribution in [-0.4, -0.2) is 10.8 Å². The summed E-state index contributed by atoms with van der Waals surface area (Å²) in [5, 5.41) is 0. The summed E-state index contributed by atoms with van der Waals surface area (Å²) in [5.41, 5.74) is 1.21. The number of hydrogen-bond acceptors (Lipinski definition) is 2. The van der Waals surface area contributed by atoms with Gasteiger partial charge in [-0.2, -0.15) is 0 Å². The van der Waals surface area contributed by atoms with Crippen molar-refractivity contribution in [2.75, 3.05) is 0 Å². The van der Waals surface area contributed by atoms with Gasteiger partial charge in [0.25, 0.3) is 0 Å². The first kappa shape index (κ1) is 11.6. The van der Waals surface area contributed by atoms with E-state index >= 15 is 0 Å². The van der Waals surface area contributed by atoms with Gasteiger partial charge in [0.15, 0.2) is 5.78 Å². The predicted octanol–water partition coefficient (Wildman–Crippen LogP) is 3.87. The Morgan fingerprint density at radius 2 is 2.00 bits per heavy atom. The molecule has 4 aliphatic carbocycles. The van der Waals surface area contributed by atoms with E-state index in [9.17, 15) is 4.79 Å². The van der Waals surface area contributed by atoms with E-state index in [2.05, 4.69) is 11.9 Å². The number of carbonyl (C=O) groups excluding carboxylic acids is 1. The van der Waals surface area contributed by atoms with Gasteiger partial charge in [0, 0.05) is 23.4 Å². The average molecular weight is 255 g/mol. The molecule has 0 saturated heterocycles. The van der Waals surface area contributed by atoms with Crippen molar-refractivity contribution in [1.29, 1.82) is 0 Å². The van der Waals surface area contributed by atoms with Crippen LogP contribution in [0.3, 0.4) is 0 Å². The molecule has 4 bridgehead atoms. The van der Waals surface area contributed by atoms with E-state index in [1.165, 1.54) is 19.3 Å². The number of pyridine rings is 1. The third kappa shape index (κ3) is 1.69. The molecule has 2 unspecified atom stereocenters. The molecule has 19 heavy (non-hydrogen) atoms. The van der Waals surface area contributed by atoms with Crippen LogP contribution in [-0.2, 0) is 0 Å². The first-order valence-electron chi connectivity index (χ1n) is 7.54. The SMILES string of the molecule is CC12CC3CC(C1)CC(C(=O)c1cccnc1)(C3)C2. The van der Waals surface area contributed by atoms with Gasteiger partial charge in [0.1, 0.15) is 0 Å². The highest BCUT2D eigenvalue weighted by atomic mass is 16.1. The highest BCUT2D eigenvalue weighted by molar-refractivity contribution is 6.00. The number of hydrogen-bond donors (Lipinski definition) is 0. The molecule has 0 aliphatic heterocycles. The largest absolute Gasteiger partial charge is 0.293 e. The quantitative estimate of drug-likeness (QED) is 0.751. The number of rotatable bonds is 2. The third-order valence-electron chi connectivity index (χ3n) is 5.76. The van der Waals surface area contributed by atoms with E-state index in [4.69, 9.17) is 0 Å². The van der Waals surface area contributed by atoms with Crippen molar-refractivity contribution in [2.24, 2.45) is 22.7 Å². The molecule has 2 atom stereocenters. The number of aromatic nitrogens is 1. The van der Waals surface area contributed by atoms with Gasteiger partial charge in [-0.15, -0.1) is 0 Å². The molecule has 0 N–H and O–H groups in total. The average Bonchev–Trinajstić information content (AvgIpc) is 2.36. The second-order valence-corrected chi connectivity index (χ2v) is 7.62. The van der Waals surface area contributed by atoms with Gasteiger partial charge >= 0.3 is 0 Å². The number of Topliss-reactive ketones (excluding diaryl/α,β-unsaturated/α-hetero) is 1. The fourth-order valence-corrected chi connectivity index (χ4v) is 5.79. The first-order chi connectivity index (χ1) is 9.09. The Bertz CT molecular complexity index is 507. The Balaban J connectivity index is 1.72. The van der Waals surface area contributed by atoms with E-state index in [0.29, 0.717) is 11.2 Å². The molecule has 4 fully saturated rings. The van der Waals surface area contributed by atoms with Gasteiger partial charge in [0.05, 0.1) is 0 Å². The molecule has 1 heterocycles. The summed E-state index contributed by atoms with van der Waals surface area (Å²) in [6.07, 6.45) is 11.0. The first-order valence-corrected chi connectivity index (χ1v) is 7.54. The maximum atomic E-state index is 13.0. The monoisotopic (exact) mass is 255 g/mol. The molecular formula is C17H21NO. The van der Waals surface area contributed by atoms with E-state index in [1.54, 1.807) is 12.4 Å². The zero-order chi connectivity index (χ0) is 13.1. The summed E-state index contributed by atoms with van der Waals surface area (Å²) in [4.78, 5) is 17.1. The fourth-order valence-electron chi connectivity index (χ4n) is 5.79. The summed E-state index contributed by atoms with van der Waals surface area (Å²) in [7, 11) is 0. The van der Waals surface area contributed by atoms with Crippen molar-refractivity contribution in [1.82, 2.24) is 4.98 Å². The lowest BCUT2D eigenvalue weighted by Crippen LogP contribution is -2.54. The summed E-state index contributed by atoms with van der Waals surface area (Å²) < 4.78 is 0. The molecular weight excluding hydrogens is 234 g/mol. The van der Waals surface area contributed by atoms with E-state index in [-0.39, 0.29) is 5.41 Å². The maximum absolute atomic E-state index is 13.0. The number of ketones is 1. The van der Waals surface area contributed by atoms with Crippen LogP contribution in [0.4, 0.5) is 0 Å². The summed E-state index contributed by atoms with van der Waals surface area (Å²) in [6, 6.07) is 3.83. The zero-order valence-electron chi connectivity index (χ0n) is 11.6. The lowest BCUT2D eigenvalue weighted by atomic mass is 9.43. The molecule has 5 rings (SSSR count). The Labute approximate surface area is 114 Å². The van der Waals surface area contributed by atoms with Crippen molar-refractivity contribution in [2.45, 2.75) is 45.4 Å². The van der Waals surface area contributed by atoms with Crippen molar-refractivity contribution in [3.8, 4) is 0 Å². The van der Waals surface area contributed by atoms with Crippen molar-refractivity contribution in [3.63, 3.8) is 0 Å². The minimum atomic E-state index is -0.0537. The van der Waals surface area contributed by atoms with Gasteiger partial charge < -0.3 is 0 Å². The van der Waals surface area contributed by atoms with Gasteiger partial charge in [0.2, 0.25) is 0 Å². The Morgan fingerprint density at radius 3 is 2.58 bits per heavy atom. The number of nitrogens with zero attached hydrogens (tertiary/aromatic N) is 1. The summed E-state index contributed by atoms with van der Waals surface area (Å²) in [5.74, 6) is 1.97. The second-order valence-electron chi connectivity index (χ2n) is 7.62. The van der Waals surface area contributed by atoms with Crippen LogP contribution in [0.15, 0.2) is 24.5 Å². The maximum Gasteiger partial charge on any atom is 0.170 e. The standard InChI is InChI=1S/C17H21NO/c1-16-6-12-5-13(7-16)9-17(8-12,11-16)15(19)14-3-2-4-18-10-14/h2-4,10,12-13H,5-9,11H2,1H3. The normalized spacial score (nSPS) is 43.4. The molecule has 1 aromatic heterocycles. The van der Waals surface area contributed by atoms with E-state index < -0.39 is 0 Å².